The molecule has 0 atom stereocenters. The lowest BCUT2D eigenvalue weighted by molar-refractivity contribution is -0.136. The van der Waals surface area contributed by atoms with E-state index >= 15 is 0 Å². The molecule has 7 heteroatoms. The van der Waals surface area contributed by atoms with Crippen LogP contribution in [0.25, 0.3) is 0 Å². The van der Waals surface area contributed by atoms with Gasteiger partial charge in [0.1, 0.15) is 0 Å². The average Bonchev–Trinajstić information content (AvgIpc) is 2.62. The fourth-order valence-electron chi connectivity index (χ4n) is 2.16. The predicted octanol–water partition coefficient (Wildman–Crippen LogP) is 2.92. The van der Waals surface area contributed by atoms with Crippen molar-refractivity contribution < 1.29 is 19.1 Å². The summed E-state index contributed by atoms with van der Waals surface area (Å²) in [5, 5.41) is 5.59. The molecule has 0 saturated carbocycles. The largest absolute Gasteiger partial charge is 0.493 e. The molecular weight excluding hydrogens is 344 g/mol. The van der Waals surface area contributed by atoms with Crippen LogP contribution in [0.3, 0.4) is 0 Å². The van der Waals surface area contributed by atoms with Gasteiger partial charge in [-0.1, -0.05) is 23.7 Å². The summed E-state index contributed by atoms with van der Waals surface area (Å²) in [6.45, 7) is 1.99. The Hall–Kier alpha value is -2.73. The van der Waals surface area contributed by atoms with Gasteiger partial charge in [0.05, 0.1) is 14.2 Å². The maximum absolute atomic E-state index is 12.0. The smallest absolute Gasteiger partial charge is 0.313 e. The zero-order valence-electron chi connectivity index (χ0n) is 14.2. The van der Waals surface area contributed by atoms with Crippen molar-refractivity contribution in [3.63, 3.8) is 0 Å². The van der Waals surface area contributed by atoms with E-state index in [4.69, 9.17) is 21.1 Å². The van der Waals surface area contributed by atoms with Crippen molar-refractivity contribution in [1.82, 2.24) is 5.32 Å². The van der Waals surface area contributed by atoms with E-state index < -0.39 is 11.8 Å². The summed E-state index contributed by atoms with van der Waals surface area (Å²) in [7, 11) is 3.07. The fraction of sp³-hybridized carbons (Fsp3) is 0.222. The predicted molar refractivity (Wildman–Crippen MR) is 96.2 cm³/mol. The highest BCUT2D eigenvalue weighted by molar-refractivity contribution is 6.40. The zero-order valence-corrected chi connectivity index (χ0v) is 14.9. The molecule has 0 heterocycles. The maximum Gasteiger partial charge on any atom is 0.313 e. The second-order valence-corrected chi connectivity index (χ2v) is 5.72. The standard InChI is InChI=1S/C18H19ClN2O4/c1-11-4-6-13(19)9-14(11)21-18(23)17(22)20-10-12-5-7-15(24-2)16(8-12)25-3/h4-9H,10H2,1-3H3,(H,20,22)(H,21,23). The second kappa shape index (κ2) is 8.39. The molecule has 0 fully saturated rings. The molecule has 0 spiro atoms. The van der Waals surface area contributed by atoms with Gasteiger partial charge in [0.2, 0.25) is 0 Å². The highest BCUT2D eigenvalue weighted by Gasteiger charge is 2.15. The van der Waals surface area contributed by atoms with Gasteiger partial charge in [0.25, 0.3) is 0 Å². The van der Waals surface area contributed by atoms with Crippen LogP contribution in [-0.4, -0.2) is 26.0 Å². The third kappa shape index (κ3) is 4.87. The third-order valence-electron chi connectivity index (χ3n) is 3.56. The number of hydrogen-bond donors (Lipinski definition) is 2. The lowest BCUT2D eigenvalue weighted by atomic mass is 10.2. The normalized spacial score (nSPS) is 10.1. The number of amides is 2. The minimum atomic E-state index is -0.758. The first-order valence-corrected chi connectivity index (χ1v) is 7.88. The summed E-state index contributed by atoms with van der Waals surface area (Å²) in [5.41, 5.74) is 2.09. The number of halogens is 1. The Kier molecular flexibility index (Phi) is 6.25. The van der Waals surface area contributed by atoms with Crippen LogP contribution < -0.4 is 20.1 Å². The number of carbonyl (C=O) groups is 2. The van der Waals surface area contributed by atoms with Crippen LogP contribution in [0.5, 0.6) is 11.5 Å². The minimum absolute atomic E-state index is 0.182. The highest BCUT2D eigenvalue weighted by Crippen LogP contribution is 2.27. The lowest BCUT2D eigenvalue weighted by Crippen LogP contribution is -2.35. The Bertz CT molecular complexity index is 793. The molecule has 2 aromatic carbocycles. The van der Waals surface area contributed by atoms with Gasteiger partial charge in [-0.2, -0.15) is 0 Å². The summed E-state index contributed by atoms with van der Waals surface area (Å²) in [6.07, 6.45) is 0. The molecule has 0 saturated heterocycles. The van der Waals surface area contributed by atoms with Crippen LogP contribution in [0.2, 0.25) is 5.02 Å². The van der Waals surface area contributed by atoms with Gasteiger partial charge in [0.15, 0.2) is 11.5 Å². The lowest BCUT2D eigenvalue weighted by Gasteiger charge is -2.11. The van der Waals surface area contributed by atoms with Crippen molar-refractivity contribution >= 4 is 29.1 Å². The molecule has 0 unspecified atom stereocenters. The Labute approximate surface area is 151 Å². The van der Waals surface area contributed by atoms with E-state index in [1.54, 1.807) is 43.5 Å². The topological polar surface area (TPSA) is 76.7 Å². The van der Waals surface area contributed by atoms with Crippen molar-refractivity contribution in [2.75, 3.05) is 19.5 Å². The maximum atomic E-state index is 12.0. The number of anilines is 1. The first-order chi connectivity index (χ1) is 11.9. The van der Waals surface area contributed by atoms with Gasteiger partial charge in [-0.3, -0.25) is 9.59 Å². The van der Waals surface area contributed by atoms with Gasteiger partial charge in [-0.15, -0.1) is 0 Å². The van der Waals surface area contributed by atoms with Crippen molar-refractivity contribution in [3.05, 3.63) is 52.5 Å². The SMILES string of the molecule is COc1ccc(CNC(=O)C(=O)Nc2cc(Cl)ccc2C)cc1OC. The zero-order chi connectivity index (χ0) is 18.4. The highest BCUT2D eigenvalue weighted by atomic mass is 35.5. The van der Waals surface area contributed by atoms with Gasteiger partial charge >= 0.3 is 11.8 Å². The van der Waals surface area contributed by atoms with E-state index in [0.717, 1.165) is 11.1 Å². The van der Waals surface area contributed by atoms with E-state index in [1.165, 1.54) is 7.11 Å². The first kappa shape index (κ1) is 18.6. The molecule has 0 aliphatic carbocycles. The fourth-order valence-corrected chi connectivity index (χ4v) is 2.33. The van der Waals surface area contributed by atoms with Crippen molar-refractivity contribution in [3.8, 4) is 11.5 Å². The van der Waals surface area contributed by atoms with Gasteiger partial charge in [0, 0.05) is 17.3 Å². The van der Waals surface area contributed by atoms with Gasteiger partial charge < -0.3 is 20.1 Å². The molecule has 2 rings (SSSR count). The van der Waals surface area contributed by atoms with Crippen LogP contribution >= 0.6 is 11.6 Å². The summed E-state index contributed by atoms with van der Waals surface area (Å²) < 4.78 is 10.4. The van der Waals surface area contributed by atoms with Crippen LogP contribution in [0.1, 0.15) is 11.1 Å². The number of rotatable bonds is 5. The molecular formula is C18H19ClN2O4. The van der Waals surface area contributed by atoms with Crippen molar-refractivity contribution in [1.29, 1.82) is 0 Å². The average molecular weight is 363 g/mol. The Morgan fingerprint density at radius 3 is 2.40 bits per heavy atom. The molecule has 132 valence electrons. The Morgan fingerprint density at radius 1 is 1.00 bits per heavy atom. The molecule has 25 heavy (non-hydrogen) atoms. The van der Waals surface area contributed by atoms with Gasteiger partial charge in [-0.05, 0) is 42.3 Å². The summed E-state index contributed by atoms with van der Waals surface area (Å²) in [4.78, 5) is 24.0. The van der Waals surface area contributed by atoms with E-state index in [9.17, 15) is 9.59 Å². The monoisotopic (exact) mass is 362 g/mol. The minimum Gasteiger partial charge on any atom is -0.493 e. The summed E-state index contributed by atoms with van der Waals surface area (Å²) in [6, 6.07) is 10.3. The number of nitrogens with one attached hydrogen (secondary N) is 2. The molecule has 0 bridgehead atoms. The number of aryl methyl sites for hydroxylation is 1. The van der Waals surface area contributed by atoms with E-state index in [2.05, 4.69) is 10.6 Å². The number of hydrogen-bond acceptors (Lipinski definition) is 4. The molecule has 2 aromatic rings. The molecule has 2 amide bonds. The Balaban J connectivity index is 1.97. The van der Waals surface area contributed by atoms with Crippen LogP contribution in [0.15, 0.2) is 36.4 Å². The molecule has 0 radical (unpaired) electrons. The van der Waals surface area contributed by atoms with Crippen molar-refractivity contribution in [2.45, 2.75) is 13.5 Å². The van der Waals surface area contributed by atoms with Crippen LogP contribution in [-0.2, 0) is 16.1 Å². The van der Waals surface area contributed by atoms with Crippen molar-refractivity contribution in [2.24, 2.45) is 0 Å². The second-order valence-electron chi connectivity index (χ2n) is 5.29. The molecule has 6 nitrogen and oxygen atoms in total. The summed E-state index contributed by atoms with van der Waals surface area (Å²) in [5.74, 6) is -0.361. The number of ether oxygens (including phenoxy) is 2. The molecule has 0 aromatic heterocycles. The number of benzene rings is 2. The van der Waals surface area contributed by atoms with E-state index in [0.29, 0.717) is 22.2 Å². The summed E-state index contributed by atoms with van der Waals surface area (Å²) >= 11 is 5.90. The molecule has 0 aliphatic heterocycles. The van der Waals surface area contributed by atoms with E-state index in [-0.39, 0.29) is 6.54 Å². The quantitative estimate of drug-likeness (QED) is 0.802. The number of methoxy groups -OCH3 is 2. The van der Waals surface area contributed by atoms with E-state index in [1.807, 2.05) is 6.92 Å². The first-order valence-electron chi connectivity index (χ1n) is 7.51. The third-order valence-corrected chi connectivity index (χ3v) is 3.79. The molecule has 2 N–H and O–H groups in total. The Morgan fingerprint density at radius 2 is 1.72 bits per heavy atom. The van der Waals surface area contributed by atoms with Gasteiger partial charge in [-0.25, -0.2) is 0 Å². The number of carbonyl (C=O) groups excluding carboxylic acids is 2. The molecule has 0 aliphatic rings. The van der Waals surface area contributed by atoms with Crippen LogP contribution in [0, 0.1) is 6.92 Å². The van der Waals surface area contributed by atoms with Crippen LogP contribution in [0.4, 0.5) is 5.69 Å².